The summed E-state index contributed by atoms with van der Waals surface area (Å²) in [5.74, 6) is 0.820. The summed E-state index contributed by atoms with van der Waals surface area (Å²) in [5.41, 5.74) is 7.03. The zero-order valence-corrected chi connectivity index (χ0v) is 11.3. The van der Waals surface area contributed by atoms with Crippen molar-refractivity contribution >= 4 is 11.7 Å². The van der Waals surface area contributed by atoms with Gasteiger partial charge in [-0.05, 0) is 36.8 Å². The smallest absolute Gasteiger partial charge is 0.255 e. The van der Waals surface area contributed by atoms with Crippen molar-refractivity contribution in [3.8, 4) is 5.75 Å². The molecule has 0 bridgehead atoms. The summed E-state index contributed by atoms with van der Waals surface area (Å²) in [6.45, 7) is 3.00. The minimum Gasteiger partial charge on any atom is -0.494 e. The number of anilines is 1. The number of nitrogen functional groups attached to an aromatic ring is 1. The third kappa shape index (κ3) is 3.47. The van der Waals surface area contributed by atoms with Gasteiger partial charge in [-0.1, -0.05) is 12.1 Å². The lowest BCUT2D eigenvalue weighted by Gasteiger charge is -2.08. The molecule has 0 fully saturated rings. The first-order valence-electron chi connectivity index (χ1n) is 6.41. The molecule has 0 unspecified atom stereocenters. The summed E-state index contributed by atoms with van der Waals surface area (Å²) >= 11 is 0. The molecule has 5 heteroatoms. The number of hydrogen-bond acceptors (Lipinski definition) is 4. The van der Waals surface area contributed by atoms with Crippen molar-refractivity contribution in [2.75, 3.05) is 12.3 Å². The Hall–Kier alpha value is -2.56. The van der Waals surface area contributed by atoms with E-state index in [4.69, 9.17) is 10.5 Å². The maximum Gasteiger partial charge on any atom is 0.255 e. The van der Waals surface area contributed by atoms with Crippen molar-refractivity contribution < 1.29 is 9.53 Å². The van der Waals surface area contributed by atoms with Gasteiger partial charge in [0.1, 0.15) is 11.6 Å². The fourth-order valence-corrected chi connectivity index (χ4v) is 1.76. The van der Waals surface area contributed by atoms with Gasteiger partial charge in [-0.15, -0.1) is 0 Å². The molecule has 0 saturated heterocycles. The second kappa shape index (κ2) is 6.56. The second-order valence-corrected chi connectivity index (χ2v) is 4.20. The summed E-state index contributed by atoms with van der Waals surface area (Å²) in [6.07, 6.45) is 1.55. The topological polar surface area (TPSA) is 77.2 Å². The Morgan fingerprint density at radius 3 is 2.70 bits per heavy atom. The number of rotatable bonds is 5. The normalized spacial score (nSPS) is 10.1. The van der Waals surface area contributed by atoms with Gasteiger partial charge in [-0.25, -0.2) is 4.98 Å². The van der Waals surface area contributed by atoms with Crippen LogP contribution in [-0.4, -0.2) is 17.5 Å². The monoisotopic (exact) mass is 271 g/mol. The number of ether oxygens (including phenoxy) is 1. The van der Waals surface area contributed by atoms with Crippen LogP contribution in [-0.2, 0) is 6.54 Å². The summed E-state index contributed by atoms with van der Waals surface area (Å²) in [7, 11) is 0. The number of carbonyl (C=O) groups excluding carboxylic acids is 1. The van der Waals surface area contributed by atoms with Crippen LogP contribution >= 0.6 is 0 Å². The van der Waals surface area contributed by atoms with Crippen LogP contribution < -0.4 is 15.8 Å². The first kappa shape index (κ1) is 13.9. The van der Waals surface area contributed by atoms with Crippen LogP contribution in [0.3, 0.4) is 0 Å². The molecule has 5 nitrogen and oxygen atoms in total. The Labute approximate surface area is 117 Å². The average Bonchev–Trinajstić information content (AvgIpc) is 2.47. The molecule has 2 rings (SSSR count). The van der Waals surface area contributed by atoms with Crippen LogP contribution in [0.25, 0.3) is 0 Å². The third-order valence-corrected chi connectivity index (χ3v) is 2.77. The van der Waals surface area contributed by atoms with E-state index in [0.717, 1.165) is 11.3 Å². The summed E-state index contributed by atoms with van der Waals surface area (Å²) < 4.78 is 5.36. The molecule has 3 N–H and O–H groups in total. The van der Waals surface area contributed by atoms with E-state index in [2.05, 4.69) is 10.3 Å². The Morgan fingerprint density at radius 2 is 2.05 bits per heavy atom. The highest BCUT2D eigenvalue weighted by molar-refractivity contribution is 5.98. The molecule has 1 heterocycles. The number of amides is 1. The molecule has 0 aliphatic heterocycles. The maximum absolute atomic E-state index is 12.0. The zero-order valence-electron chi connectivity index (χ0n) is 11.3. The number of benzene rings is 1. The van der Waals surface area contributed by atoms with E-state index >= 15 is 0 Å². The lowest BCUT2D eigenvalue weighted by Crippen LogP contribution is -2.24. The zero-order chi connectivity index (χ0) is 14.4. The van der Waals surface area contributed by atoms with E-state index < -0.39 is 0 Å². The highest BCUT2D eigenvalue weighted by Crippen LogP contribution is 2.12. The summed E-state index contributed by atoms with van der Waals surface area (Å²) in [6, 6.07) is 10.9. The fourth-order valence-electron chi connectivity index (χ4n) is 1.76. The molecule has 20 heavy (non-hydrogen) atoms. The second-order valence-electron chi connectivity index (χ2n) is 4.20. The molecule has 0 spiro atoms. The van der Waals surface area contributed by atoms with E-state index in [-0.39, 0.29) is 11.7 Å². The van der Waals surface area contributed by atoms with E-state index in [1.165, 1.54) is 0 Å². The molecule has 1 aromatic heterocycles. The van der Waals surface area contributed by atoms with Crippen molar-refractivity contribution in [2.24, 2.45) is 0 Å². The average molecular weight is 271 g/mol. The molecule has 0 atom stereocenters. The molecule has 104 valence electrons. The number of hydrogen-bond donors (Lipinski definition) is 2. The van der Waals surface area contributed by atoms with Crippen LogP contribution in [0.2, 0.25) is 0 Å². The van der Waals surface area contributed by atoms with E-state index in [0.29, 0.717) is 18.7 Å². The molecular formula is C15H17N3O2. The number of aromatic nitrogens is 1. The summed E-state index contributed by atoms with van der Waals surface area (Å²) in [5, 5.41) is 2.81. The highest BCUT2D eigenvalue weighted by Gasteiger charge is 2.09. The SMILES string of the molecule is CCOc1ccc(CNC(=O)c2cccnc2N)cc1. The largest absolute Gasteiger partial charge is 0.494 e. The molecule has 1 amide bonds. The van der Waals surface area contributed by atoms with E-state index in [1.54, 1.807) is 18.3 Å². The van der Waals surface area contributed by atoms with Crippen LogP contribution in [0.1, 0.15) is 22.8 Å². The molecule has 0 saturated carbocycles. The predicted octanol–water partition coefficient (Wildman–Crippen LogP) is 1.99. The lowest BCUT2D eigenvalue weighted by molar-refractivity contribution is 0.0951. The lowest BCUT2D eigenvalue weighted by atomic mass is 10.2. The van der Waals surface area contributed by atoms with Crippen LogP contribution in [0, 0.1) is 0 Å². The Bertz CT molecular complexity index is 582. The van der Waals surface area contributed by atoms with Crippen LogP contribution in [0.15, 0.2) is 42.6 Å². The quantitative estimate of drug-likeness (QED) is 0.872. The molecule has 1 aromatic carbocycles. The Morgan fingerprint density at radius 1 is 1.30 bits per heavy atom. The maximum atomic E-state index is 12.0. The van der Waals surface area contributed by atoms with Crippen molar-refractivity contribution in [3.05, 3.63) is 53.7 Å². The predicted molar refractivity (Wildman–Crippen MR) is 77.4 cm³/mol. The van der Waals surface area contributed by atoms with Gasteiger partial charge in [0.15, 0.2) is 0 Å². The fraction of sp³-hybridized carbons (Fsp3) is 0.200. The highest BCUT2D eigenvalue weighted by atomic mass is 16.5. The molecular weight excluding hydrogens is 254 g/mol. The number of nitrogens with one attached hydrogen (secondary N) is 1. The van der Waals surface area contributed by atoms with Crippen LogP contribution in [0.4, 0.5) is 5.82 Å². The van der Waals surface area contributed by atoms with Crippen molar-refractivity contribution in [1.29, 1.82) is 0 Å². The minimum absolute atomic E-state index is 0.232. The Kier molecular flexibility index (Phi) is 4.55. The number of pyridine rings is 1. The van der Waals surface area contributed by atoms with Gasteiger partial charge in [0.05, 0.1) is 12.2 Å². The molecule has 2 aromatic rings. The Balaban J connectivity index is 1.95. The minimum atomic E-state index is -0.232. The van der Waals surface area contributed by atoms with E-state index in [1.807, 2.05) is 31.2 Å². The van der Waals surface area contributed by atoms with Crippen LogP contribution in [0.5, 0.6) is 5.75 Å². The van der Waals surface area contributed by atoms with Gasteiger partial charge >= 0.3 is 0 Å². The molecule has 0 aliphatic carbocycles. The van der Waals surface area contributed by atoms with Crippen molar-refractivity contribution in [2.45, 2.75) is 13.5 Å². The summed E-state index contributed by atoms with van der Waals surface area (Å²) in [4.78, 5) is 15.8. The van der Waals surface area contributed by atoms with Gasteiger partial charge in [0.2, 0.25) is 0 Å². The van der Waals surface area contributed by atoms with Gasteiger partial charge in [0.25, 0.3) is 5.91 Å². The molecule has 0 radical (unpaired) electrons. The van der Waals surface area contributed by atoms with Gasteiger partial charge < -0.3 is 15.8 Å². The number of carbonyl (C=O) groups is 1. The van der Waals surface area contributed by atoms with Gasteiger partial charge in [0, 0.05) is 12.7 Å². The standard InChI is InChI=1S/C15H17N3O2/c1-2-20-12-7-5-11(6-8-12)10-18-15(19)13-4-3-9-17-14(13)16/h3-9H,2,10H2,1H3,(H2,16,17)(H,18,19). The first-order valence-corrected chi connectivity index (χ1v) is 6.41. The van der Waals surface area contributed by atoms with Crippen molar-refractivity contribution in [3.63, 3.8) is 0 Å². The van der Waals surface area contributed by atoms with Gasteiger partial charge in [-0.2, -0.15) is 0 Å². The third-order valence-electron chi connectivity index (χ3n) is 2.77. The molecule has 0 aliphatic rings. The van der Waals surface area contributed by atoms with Gasteiger partial charge in [-0.3, -0.25) is 4.79 Å². The first-order chi connectivity index (χ1) is 9.70. The van der Waals surface area contributed by atoms with E-state index in [9.17, 15) is 4.79 Å². The van der Waals surface area contributed by atoms with Crippen molar-refractivity contribution in [1.82, 2.24) is 10.3 Å². The number of nitrogens with zero attached hydrogens (tertiary/aromatic N) is 1. The number of nitrogens with two attached hydrogens (primary N) is 1.